The summed E-state index contributed by atoms with van der Waals surface area (Å²) < 4.78 is 15.6. The largest absolute Gasteiger partial charge is 0.497 e. The molecule has 1 unspecified atom stereocenters. The predicted molar refractivity (Wildman–Crippen MR) is 93.4 cm³/mol. The lowest BCUT2D eigenvalue weighted by atomic mass is 9.97. The first-order valence-electron chi connectivity index (χ1n) is 8.03. The van der Waals surface area contributed by atoms with E-state index in [9.17, 15) is 14.7 Å². The second-order valence-corrected chi connectivity index (χ2v) is 6.54. The molecule has 1 aromatic carbocycles. The third-order valence-corrected chi connectivity index (χ3v) is 3.33. The first-order chi connectivity index (χ1) is 11.7. The van der Waals surface area contributed by atoms with E-state index in [1.807, 2.05) is 12.1 Å². The van der Waals surface area contributed by atoms with Gasteiger partial charge in [-0.2, -0.15) is 0 Å². The van der Waals surface area contributed by atoms with Gasteiger partial charge >= 0.3 is 11.9 Å². The first-order valence-corrected chi connectivity index (χ1v) is 8.03. The number of methoxy groups -OCH3 is 1. The smallest absolute Gasteiger partial charge is 0.333 e. The Balaban J connectivity index is 2.42. The Labute approximate surface area is 148 Å². The van der Waals surface area contributed by atoms with Crippen molar-refractivity contribution in [1.29, 1.82) is 0 Å². The summed E-state index contributed by atoms with van der Waals surface area (Å²) in [5.74, 6) is -0.612. The molecule has 138 valence electrons. The second-order valence-electron chi connectivity index (χ2n) is 6.54. The molecule has 0 bridgehead atoms. The van der Waals surface area contributed by atoms with Crippen molar-refractivity contribution in [3.8, 4) is 5.75 Å². The average Bonchev–Trinajstić information content (AvgIpc) is 2.56. The summed E-state index contributed by atoms with van der Waals surface area (Å²) >= 11 is 0. The molecule has 25 heavy (non-hydrogen) atoms. The van der Waals surface area contributed by atoms with Crippen LogP contribution in [0.2, 0.25) is 0 Å². The highest BCUT2D eigenvalue weighted by molar-refractivity contribution is 5.75. The van der Waals surface area contributed by atoms with Gasteiger partial charge in [-0.15, -0.1) is 0 Å². The van der Waals surface area contributed by atoms with E-state index in [0.29, 0.717) is 0 Å². The van der Waals surface area contributed by atoms with Crippen LogP contribution in [0.4, 0.5) is 0 Å². The maximum Gasteiger partial charge on any atom is 0.333 e. The van der Waals surface area contributed by atoms with Crippen LogP contribution >= 0.6 is 0 Å². The Kier molecular flexibility index (Phi) is 8.15. The standard InChI is InChI=1S/C19H26O6/c1-19(2,3)18(22)24-12-6-5-7-16(17(20)21)25-13-14-8-10-15(23-4)11-9-14/h5-6,8-11,16H,7,12-13H2,1-4H3,(H,20,21). The molecule has 0 aliphatic rings. The molecule has 0 fully saturated rings. The van der Waals surface area contributed by atoms with Gasteiger partial charge in [0.2, 0.25) is 0 Å². The summed E-state index contributed by atoms with van der Waals surface area (Å²) in [5, 5.41) is 9.22. The van der Waals surface area contributed by atoms with Crippen LogP contribution < -0.4 is 4.74 Å². The molecule has 0 aliphatic carbocycles. The molecule has 1 N–H and O–H groups in total. The number of hydrogen-bond donors (Lipinski definition) is 1. The van der Waals surface area contributed by atoms with Gasteiger partial charge in [-0.3, -0.25) is 4.79 Å². The Morgan fingerprint density at radius 1 is 1.16 bits per heavy atom. The monoisotopic (exact) mass is 350 g/mol. The lowest BCUT2D eigenvalue weighted by Crippen LogP contribution is -2.23. The van der Waals surface area contributed by atoms with Crippen LogP contribution in [0.15, 0.2) is 36.4 Å². The van der Waals surface area contributed by atoms with Gasteiger partial charge in [0.1, 0.15) is 12.4 Å². The number of carboxylic acids is 1. The van der Waals surface area contributed by atoms with Gasteiger partial charge in [-0.25, -0.2) is 4.79 Å². The molecule has 0 amide bonds. The summed E-state index contributed by atoms with van der Waals surface area (Å²) in [4.78, 5) is 22.9. The van der Waals surface area contributed by atoms with E-state index >= 15 is 0 Å². The zero-order chi connectivity index (χ0) is 18.9. The zero-order valence-electron chi connectivity index (χ0n) is 15.2. The third-order valence-electron chi connectivity index (χ3n) is 3.33. The molecular formula is C19H26O6. The topological polar surface area (TPSA) is 82.1 Å². The van der Waals surface area contributed by atoms with Crippen LogP contribution in [0.5, 0.6) is 5.75 Å². The molecule has 0 aromatic heterocycles. The van der Waals surface area contributed by atoms with Crippen LogP contribution in [0.25, 0.3) is 0 Å². The number of rotatable bonds is 9. The van der Waals surface area contributed by atoms with Gasteiger partial charge < -0.3 is 19.3 Å². The number of carbonyl (C=O) groups is 2. The summed E-state index contributed by atoms with van der Waals surface area (Å²) in [6.45, 7) is 5.61. The minimum Gasteiger partial charge on any atom is -0.497 e. The molecule has 0 spiro atoms. The Morgan fingerprint density at radius 2 is 1.80 bits per heavy atom. The number of hydrogen-bond acceptors (Lipinski definition) is 5. The van der Waals surface area contributed by atoms with E-state index in [4.69, 9.17) is 14.2 Å². The minimum atomic E-state index is -1.04. The Bertz CT molecular complexity index is 583. The van der Waals surface area contributed by atoms with Gasteiger partial charge in [0, 0.05) is 6.42 Å². The first kappa shape index (κ1) is 20.7. The lowest BCUT2D eigenvalue weighted by Gasteiger charge is -2.15. The normalized spacial score (nSPS) is 12.8. The van der Waals surface area contributed by atoms with Crippen molar-refractivity contribution in [1.82, 2.24) is 0 Å². The summed E-state index contributed by atoms with van der Waals surface area (Å²) in [7, 11) is 1.58. The van der Waals surface area contributed by atoms with Crippen LogP contribution in [0.1, 0.15) is 32.8 Å². The van der Waals surface area contributed by atoms with E-state index in [1.54, 1.807) is 52.2 Å². The maximum atomic E-state index is 11.6. The van der Waals surface area contributed by atoms with Gasteiger partial charge in [0.05, 0.1) is 19.1 Å². The third kappa shape index (κ3) is 7.85. The molecule has 1 rings (SSSR count). The SMILES string of the molecule is COc1ccc(COC(CC=CCOC(=O)C(C)(C)C)C(=O)O)cc1. The molecule has 0 heterocycles. The highest BCUT2D eigenvalue weighted by Gasteiger charge is 2.22. The average molecular weight is 350 g/mol. The van der Waals surface area contributed by atoms with Crippen molar-refractivity contribution in [3.63, 3.8) is 0 Å². The highest BCUT2D eigenvalue weighted by Crippen LogP contribution is 2.15. The molecule has 0 saturated carbocycles. The van der Waals surface area contributed by atoms with Gasteiger partial charge in [0.25, 0.3) is 0 Å². The van der Waals surface area contributed by atoms with Crippen molar-refractivity contribution in [2.45, 2.75) is 39.9 Å². The molecule has 0 radical (unpaired) electrons. The van der Waals surface area contributed by atoms with E-state index in [0.717, 1.165) is 11.3 Å². The van der Waals surface area contributed by atoms with Crippen LogP contribution in [-0.4, -0.2) is 36.9 Å². The Morgan fingerprint density at radius 3 is 2.32 bits per heavy atom. The van der Waals surface area contributed by atoms with Gasteiger partial charge in [-0.1, -0.05) is 24.3 Å². The molecule has 0 aliphatic heterocycles. The van der Waals surface area contributed by atoms with E-state index in [-0.39, 0.29) is 25.6 Å². The van der Waals surface area contributed by atoms with Crippen LogP contribution in [-0.2, 0) is 25.7 Å². The number of carbonyl (C=O) groups excluding carboxylic acids is 1. The lowest BCUT2D eigenvalue weighted by molar-refractivity contribution is -0.152. The fourth-order valence-electron chi connectivity index (χ4n) is 1.79. The summed E-state index contributed by atoms with van der Waals surface area (Å²) in [6, 6.07) is 7.22. The van der Waals surface area contributed by atoms with Crippen LogP contribution in [0, 0.1) is 5.41 Å². The summed E-state index contributed by atoms with van der Waals surface area (Å²) in [5.41, 5.74) is 0.300. The molecule has 0 saturated heterocycles. The highest BCUT2D eigenvalue weighted by atomic mass is 16.5. The number of aliphatic carboxylic acids is 1. The number of carboxylic acid groups (broad SMARTS) is 1. The Hall–Kier alpha value is -2.34. The zero-order valence-corrected chi connectivity index (χ0v) is 15.2. The molecular weight excluding hydrogens is 324 g/mol. The van der Waals surface area contributed by atoms with Crippen molar-refractivity contribution < 1.29 is 28.9 Å². The maximum absolute atomic E-state index is 11.6. The number of benzene rings is 1. The van der Waals surface area contributed by atoms with E-state index in [2.05, 4.69) is 0 Å². The van der Waals surface area contributed by atoms with Gasteiger partial charge in [-0.05, 0) is 38.5 Å². The molecule has 6 heteroatoms. The quantitative estimate of drug-likeness (QED) is 0.544. The fraction of sp³-hybridized carbons (Fsp3) is 0.474. The van der Waals surface area contributed by atoms with Crippen molar-refractivity contribution >= 4 is 11.9 Å². The van der Waals surface area contributed by atoms with Crippen molar-refractivity contribution in [3.05, 3.63) is 42.0 Å². The van der Waals surface area contributed by atoms with Crippen molar-refractivity contribution in [2.75, 3.05) is 13.7 Å². The minimum absolute atomic E-state index is 0.112. The number of esters is 1. The predicted octanol–water partition coefficient (Wildman–Crippen LogP) is 3.20. The molecule has 1 atom stereocenters. The van der Waals surface area contributed by atoms with E-state index < -0.39 is 17.5 Å². The van der Waals surface area contributed by atoms with Crippen LogP contribution in [0.3, 0.4) is 0 Å². The number of ether oxygens (including phenoxy) is 3. The summed E-state index contributed by atoms with van der Waals surface area (Å²) in [6.07, 6.45) is 2.49. The fourth-order valence-corrected chi connectivity index (χ4v) is 1.79. The van der Waals surface area contributed by atoms with E-state index in [1.165, 1.54) is 0 Å². The molecule has 6 nitrogen and oxygen atoms in total. The second kappa shape index (κ2) is 9.84. The van der Waals surface area contributed by atoms with Gasteiger partial charge in [0.15, 0.2) is 6.10 Å². The molecule has 1 aromatic rings. The van der Waals surface area contributed by atoms with Crippen molar-refractivity contribution in [2.24, 2.45) is 5.41 Å².